The Morgan fingerprint density at radius 3 is 3.12 bits per heavy atom. The number of aromatic nitrogens is 2. The van der Waals surface area contributed by atoms with E-state index in [1.807, 2.05) is 6.07 Å². The summed E-state index contributed by atoms with van der Waals surface area (Å²) >= 11 is 0. The largest absolute Gasteiger partial charge is 0.310 e. The number of hydrogen-bond donors (Lipinski definition) is 2. The van der Waals surface area contributed by atoms with Crippen molar-refractivity contribution in [3.8, 4) is 0 Å². The van der Waals surface area contributed by atoms with Crippen LogP contribution in [0.4, 0.5) is 0 Å². The van der Waals surface area contributed by atoms with Crippen molar-refractivity contribution in [2.45, 2.75) is 38.8 Å². The molecule has 0 aliphatic carbocycles. The Hall–Kier alpha value is -0.580. The molecule has 2 N–H and O–H groups in total. The smallest absolute Gasteiger partial charge is 0.0490 e. The molecule has 1 atom stereocenters. The van der Waals surface area contributed by atoms with Gasteiger partial charge in [-0.25, -0.2) is 0 Å². The zero-order valence-electron chi connectivity index (χ0n) is 10.5. The number of halogens is 1. The monoisotopic (exact) mass is 258 g/mol. The van der Waals surface area contributed by atoms with Crippen molar-refractivity contribution in [2.75, 3.05) is 19.6 Å². The molecule has 1 aliphatic rings. The molecule has 1 aromatic rings. The molecule has 0 amide bonds. The van der Waals surface area contributed by atoms with E-state index in [4.69, 9.17) is 0 Å². The normalized spacial score (nSPS) is 21.1. The number of likely N-dealkylation sites (tertiary alicyclic amines) is 1. The van der Waals surface area contributed by atoms with E-state index in [1.54, 1.807) is 6.20 Å². The van der Waals surface area contributed by atoms with Crippen molar-refractivity contribution in [1.82, 2.24) is 20.4 Å². The minimum atomic E-state index is 0. The molecule has 2 heterocycles. The van der Waals surface area contributed by atoms with E-state index in [0.29, 0.717) is 0 Å². The molecule has 0 bridgehead atoms. The number of rotatable bonds is 5. The summed E-state index contributed by atoms with van der Waals surface area (Å²) in [5.41, 5.74) is 1.16. The standard InChI is InChI=1S/C12H22N4.ClH/c1-11-4-2-3-8-16(11)9-7-13-10-12-5-6-14-15-12;/h5-6,11,13H,2-4,7-10H2,1H3,(H,14,15);1H. The Labute approximate surface area is 110 Å². The van der Waals surface area contributed by atoms with Crippen molar-refractivity contribution in [1.29, 1.82) is 0 Å². The van der Waals surface area contributed by atoms with Crippen molar-refractivity contribution >= 4 is 12.4 Å². The maximum Gasteiger partial charge on any atom is 0.0490 e. The van der Waals surface area contributed by atoms with Gasteiger partial charge in [0, 0.05) is 37.6 Å². The molecule has 4 nitrogen and oxygen atoms in total. The minimum Gasteiger partial charge on any atom is -0.310 e. The van der Waals surface area contributed by atoms with Crippen molar-refractivity contribution in [3.63, 3.8) is 0 Å². The van der Waals surface area contributed by atoms with Crippen LogP contribution in [0.2, 0.25) is 0 Å². The molecule has 0 aromatic carbocycles. The van der Waals surface area contributed by atoms with Gasteiger partial charge in [-0.05, 0) is 32.4 Å². The fraction of sp³-hybridized carbons (Fsp3) is 0.750. The summed E-state index contributed by atoms with van der Waals surface area (Å²) in [6.45, 7) is 6.72. The number of H-pyrrole nitrogens is 1. The quantitative estimate of drug-likeness (QED) is 0.792. The first-order valence-corrected chi connectivity index (χ1v) is 6.29. The van der Waals surface area contributed by atoms with Gasteiger partial charge in [0.25, 0.3) is 0 Å². The van der Waals surface area contributed by atoms with Gasteiger partial charge in [-0.2, -0.15) is 5.10 Å². The fourth-order valence-electron chi connectivity index (χ4n) is 2.32. The second kappa shape index (κ2) is 7.69. The zero-order valence-corrected chi connectivity index (χ0v) is 11.3. The average molecular weight is 259 g/mol. The molecule has 1 aromatic heterocycles. The number of hydrogen-bond acceptors (Lipinski definition) is 3. The molecule has 0 radical (unpaired) electrons. The first kappa shape index (κ1) is 14.5. The first-order valence-electron chi connectivity index (χ1n) is 6.29. The number of aromatic amines is 1. The summed E-state index contributed by atoms with van der Waals surface area (Å²) in [6, 6.07) is 2.78. The molecule has 98 valence electrons. The van der Waals surface area contributed by atoms with Gasteiger partial charge >= 0.3 is 0 Å². The first-order chi connectivity index (χ1) is 7.86. The summed E-state index contributed by atoms with van der Waals surface area (Å²) in [6.07, 6.45) is 5.92. The Bertz CT molecular complexity index is 289. The van der Waals surface area contributed by atoms with Crippen LogP contribution in [-0.2, 0) is 6.54 Å². The van der Waals surface area contributed by atoms with Crippen LogP contribution in [0.3, 0.4) is 0 Å². The van der Waals surface area contributed by atoms with Gasteiger partial charge in [-0.1, -0.05) is 6.42 Å². The predicted octanol–water partition coefficient (Wildman–Crippen LogP) is 1.80. The van der Waals surface area contributed by atoms with Crippen LogP contribution < -0.4 is 5.32 Å². The summed E-state index contributed by atoms with van der Waals surface area (Å²) in [5, 5.41) is 10.3. The third-order valence-corrected chi connectivity index (χ3v) is 3.39. The van der Waals surface area contributed by atoms with Crippen LogP contribution >= 0.6 is 12.4 Å². The molecule has 0 saturated carbocycles. The van der Waals surface area contributed by atoms with Gasteiger partial charge in [0.05, 0.1) is 0 Å². The van der Waals surface area contributed by atoms with Gasteiger partial charge in [0.15, 0.2) is 0 Å². The van der Waals surface area contributed by atoms with Crippen molar-refractivity contribution in [3.05, 3.63) is 18.0 Å². The van der Waals surface area contributed by atoms with Crippen LogP contribution in [0.25, 0.3) is 0 Å². The van der Waals surface area contributed by atoms with Gasteiger partial charge in [0.1, 0.15) is 0 Å². The lowest BCUT2D eigenvalue weighted by Crippen LogP contribution is -2.41. The van der Waals surface area contributed by atoms with E-state index in [2.05, 4.69) is 27.3 Å². The molecule has 1 aliphatic heterocycles. The zero-order chi connectivity index (χ0) is 11.2. The van der Waals surface area contributed by atoms with Crippen LogP contribution in [0.15, 0.2) is 12.3 Å². The highest BCUT2D eigenvalue weighted by Crippen LogP contribution is 2.15. The Balaban J connectivity index is 0.00000144. The molecular formula is C12H23ClN4. The summed E-state index contributed by atoms with van der Waals surface area (Å²) in [7, 11) is 0. The highest BCUT2D eigenvalue weighted by molar-refractivity contribution is 5.85. The van der Waals surface area contributed by atoms with E-state index in [0.717, 1.165) is 31.4 Å². The van der Waals surface area contributed by atoms with Gasteiger partial charge < -0.3 is 5.32 Å². The SMILES string of the molecule is CC1CCCCN1CCNCc1ccn[nH]1.Cl. The minimum absolute atomic E-state index is 0. The highest BCUT2D eigenvalue weighted by Gasteiger charge is 2.16. The lowest BCUT2D eigenvalue weighted by molar-refractivity contribution is 0.161. The molecule has 0 spiro atoms. The lowest BCUT2D eigenvalue weighted by atomic mass is 10.0. The second-order valence-electron chi connectivity index (χ2n) is 4.64. The van der Waals surface area contributed by atoms with Gasteiger partial charge in [0.2, 0.25) is 0 Å². The van der Waals surface area contributed by atoms with Gasteiger partial charge in [-0.3, -0.25) is 10.00 Å². The molecule has 5 heteroatoms. The van der Waals surface area contributed by atoms with Crippen molar-refractivity contribution < 1.29 is 0 Å². The Kier molecular flexibility index (Phi) is 6.55. The highest BCUT2D eigenvalue weighted by atomic mass is 35.5. The third-order valence-electron chi connectivity index (χ3n) is 3.39. The predicted molar refractivity (Wildman–Crippen MR) is 72.4 cm³/mol. The summed E-state index contributed by atoms with van der Waals surface area (Å²) in [4.78, 5) is 2.59. The van der Waals surface area contributed by atoms with E-state index < -0.39 is 0 Å². The molecular weight excluding hydrogens is 236 g/mol. The molecule has 1 fully saturated rings. The Morgan fingerprint density at radius 1 is 1.53 bits per heavy atom. The Morgan fingerprint density at radius 2 is 2.41 bits per heavy atom. The van der Waals surface area contributed by atoms with Crippen LogP contribution in [0.1, 0.15) is 31.9 Å². The summed E-state index contributed by atoms with van der Waals surface area (Å²) in [5.74, 6) is 0. The molecule has 2 rings (SSSR count). The number of nitrogens with zero attached hydrogens (tertiary/aromatic N) is 2. The maximum atomic E-state index is 3.93. The number of nitrogens with one attached hydrogen (secondary N) is 2. The van der Waals surface area contributed by atoms with Gasteiger partial charge in [-0.15, -0.1) is 12.4 Å². The fourth-order valence-corrected chi connectivity index (χ4v) is 2.32. The molecule has 1 unspecified atom stereocenters. The van der Waals surface area contributed by atoms with Crippen LogP contribution in [-0.4, -0.2) is 40.8 Å². The molecule has 17 heavy (non-hydrogen) atoms. The topological polar surface area (TPSA) is 44.0 Å². The van der Waals surface area contributed by atoms with Crippen LogP contribution in [0, 0.1) is 0 Å². The van der Waals surface area contributed by atoms with E-state index in [9.17, 15) is 0 Å². The van der Waals surface area contributed by atoms with Crippen LogP contribution in [0.5, 0.6) is 0 Å². The van der Waals surface area contributed by atoms with E-state index >= 15 is 0 Å². The van der Waals surface area contributed by atoms with E-state index in [-0.39, 0.29) is 12.4 Å². The summed E-state index contributed by atoms with van der Waals surface area (Å²) < 4.78 is 0. The average Bonchev–Trinajstić information content (AvgIpc) is 2.79. The number of piperidine rings is 1. The second-order valence-corrected chi connectivity index (χ2v) is 4.64. The third kappa shape index (κ3) is 4.66. The maximum absolute atomic E-state index is 3.93. The van der Waals surface area contributed by atoms with E-state index in [1.165, 1.54) is 25.8 Å². The lowest BCUT2D eigenvalue weighted by Gasteiger charge is -2.33. The molecule has 1 saturated heterocycles. The van der Waals surface area contributed by atoms with Crippen molar-refractivity contribution in [2.24, 2.45) is 0 Å².